The number of fused-ring (bicyclic) bond motifs is 1. The smallest absolute Gasteiger partial charge is 0.317 e. The van der Waals surface area contributed by atoms with Gasteiger partial charge in [-0.15, -0.1) is 0 Å². The van der Waals surface area contributed by atoms with Crippen LogP contribution in [0.3, 0.4) is 0 Å². The van der Waals surface area contributed by atoms with Crippen molar-refractivity contribution in [2.75, 3.05) is 13.1 Å². The lowest BCUT2D eigenvalue weighted by Gasteiger charge is -2.47. The third-order valence-electron chi connectivity index (χ3n) is 5.81. The Kier molecular flexibility index (Phi) is 4.70. The van der Waals surface area contributed by atoms with E-state index in [1.807, 2.05) is 17.2 Å². The number of aromatic amines is 1. The van der Waals surface area contributed by atoms with E-state index in [-0.39, 0.29) is 23.2 Å². The van der Waals surface area contributed by atoms with Crippen molar-refractivity contribution < 1.29 is 4.79 Å². The fourth-order valence-electron chi connectivity index (χ4n) is 5.01. The van der Waals surface area contributed by atoms with Gasteiger partial charge >= 0.3 is 6.03 Å². The highest BCUT2D eigenvalue weighted by Crippen LogP contribution is 2.30. The summed E-state index contributed by atoms with van der Waals surface area (Å²) in [5.74, 6) is 0. The zero-order valence-electron chi connectivity index (χ0n) is 17.3. The quantitative estimate of drug-likeness (QED) is 0.743. The van der Waals surface area contributed by atoms with Gasteiger partial charge in [0.1, 0.15) is 5.65 Å². The molecule has 4 rings (SSSR count). The molecular weight excluding hydrogens is 350 g/mol. The predicted molar refractivity (Wildman–Crippen MR) is 113 cm³/mol. The molecule has 3 N–H and O–H groups in total. The summed E-state index contributed by atoms with van der Waals surface area (Å²) in [7, 11) is 0. The minimum atomic E-state index is 0.0258. The monoisotopic (exact) mass is 381 g/mol. The van der Waals surface area contributed by atoms with Crippen molar-refractivity contribution in [1.82, 2.24) is 25.5 Å². The van der Waals surface area contributed by atoms with Crippen LogP contribution in [-0.4, -0.2) is 51.1 Å². The molecule has 0 spiro atoms. The average molecular weight is 382 g/mol. The molecule has 2 amide bonds. The molecule has 4 heterocycles. The van der Waals surface area contributed by atoms with E-state index in [2.05, 4.69) is 60.4 Å². The van der Waals surface area contributed by atoms with Gasteiger partial charge in [0.15, 0.2) is 0 Å². The molecule has 2 aromatic heterocycles. The minimum Gasteiger partial charge on any atom is -0.346 e. The topological polar surface area (TPSA) is 73.0 Å². The fourth-order valence-corrected chi connectivity index (χ4v) is 5.01. The lowest BCUT2D eigenvalue weighted by atomic mass is 9.79. The summed E-state index contributed by atoms with van der Waals surface area (Å²) in [6.07, 6.45) is 8.75. The first-order chi connectivity index (χ1) is 13.2. The van der Waals surface area contributed by atoms with E-state index in [4.69, 9.17) is 0 Å². The summed E-state index contributed by atoms with van der Waals surface area (Å²) in [6.45, 7) is 10.2. The van der Waals surface area contributed by atoms with Crippen LogP contribution in [0.4, 0.5) is 4.79 Å². The number of pyridine rings is 1. The number of carbonyl (C=O) groups is 1. The SMILES string of the molecule is CC1(C)CC(NC(=O)N2CC=C(c3c[nH]c4ncccc34)CC2)CC(C)(C)N1. The molecular formula is C22H31N5O. The zero-order chi connectivity index (χ0) is 19.9. The van der Waals surface area contributed by atoms with Crippen molar-refractivity contribution in [3.05, 3.63) is 36.2 Å². The first-order valence-corrected chi connectivity index (χ1v) is 10.2. The second kappa shape index (κ2) is 6.92. The molecule has 28 heavy (non-hydrogen) atoms. The molecule has 0 aliphatic carbocycles. The number of hydrogen-bond acceptors (Lipinski definition) is 3. The van der Waals surface area contributed by atoms with Crippen LogP contribution in [0.25, 0.3) is 16.6 Å². The first-order valence-electron chi connectivity index (χ1n) is 10.2. The number of piperidine rings is 1. The van der Waals surface area contributed by atoms with E-state index >= 15 is 0 Å². The van der Waals surface area contributed by atoms with Gasteiger partial charge in [0.2, 0.25) is 0 Å². The van der Waals surface area contributed by atoms with Crippen molar-refractivity contribution in [2.24, 2.45) is 0 Å². The first kappa shape index (κ1) is 19.0. The maximum absolute atomic E-state index is 12.8. The number of carbonyl (C=O) groups excluding carboxylic acids is 1. The largest absolute Gasteiger partial charge is 0.346 e. The number of hydrogen-bond donors (Lipinski definition) is 3. The van der Waals surface area contributed by atoms with Crippen molar-refractivity contribution in [3.8, 4) is 0 Å². The normalized spacial score (nSPS) is 22.1. The molecule has 0 bridgehead atoms. The van der Waals surface area contributed by atoms with Crippen LogP contribution in [0, 0.1) is 0 Å². The maximum atomic E-state index is 12.8. The van der Waals surface area contributed by atoms with Gasteiger partial charge in [-0.3, -0.25) is 0 Å². The van der Waals surface area contributed by atoms with Crippen molar-refractivity contribution in [1.29, 1.82) is 0 Å². The van der Waals surface area contributed by atoms with Crippen molar-refractivity contribution in [2.45, 2.75) is 64.1 Å². The number of aromatic nitrogens is 2. The van der Waals surface area contributed by atoms with E-state index in [1.54, 1.807) is 6.20 Å². The summed E-state index contributed by atoms with van der Waals surface area (Å²) >= 11 is 0. The molecule has 1 saturated heterocycles. The number of rotatable bonds is 2. The molecule has 0 unspecified atom stereocenters. The zero-order valence-corrected chi connectivity index (χ0v) is 17.3. The van der Waals surface area contributed by atoms with Gasteiger partial charge in [-0.05, 0) is 64.7 Å². The molecule has 2 aliphatic heterocycles. The summed E-state index contributed by atoms with van der Waals surface area (Å²) in [5.41, 5.74) is 3.45. The van der Waals surface area contributed by atoms with Crippen molar-refractivity contribution >= 4 is 22.6 Å². The number of nitrogens with zero attached hydrogens (tertiary/aromatic N) is 2. The molecule has 6 heteroatoms. The Morgan fingerprint density at radius 2 is 2.00 bits per heavy atom. The average Bonchev–Trinajstić information content (AvgIpc) is 3.03. The van der Waals surface area contributed by atoms with E-state index in [9.17, 15) is 4.79 Å². The Bertz CT molecular complexity index is 895. The van der Waals surface area contributed by atoms with Gasteiger partial charge < -0.3 is 20.5 Å². The van der Waals surface area contributed by atoms with Crippen LogP contribution in [-0.2, 0) is 0 Å². The third-order valence-corrected chi connectivity index (χ3v) is 5.81. The Hall–Kier alpha value is -2.34. The predicted octanol–water partition coefficient (Wildman–Crippen LogP) is 3.67. The van der Waals surface area contributed by atoms with Gasteiger partial charge in [0.25, 0.3) is 0 Å². The number of urea groups is 1. The van der Waals surface area contributed by atoms with Crippen LogP contribution in [0.1, 0.15) is 52.5 Å². The van der Waals surface area contributed by atoms with Gasteiger partial charge in [0, 0.05) is 53.6 Å². The summed E-state index contributed by atoms with van der Waals surface area (Å²) in [4.78, 5) is 22.4. The highest BCUT2D eigenvalue weighted by atomic mass is 16.2. The Labute approximate surface area is 166 Å². The van der Waals surface area contributed by atoms with Crippen LogP contribution in [0.15, 0.2) is 30.6 Å². The van der Waals surface area contributed by atoms with Crippen LogP contribution >= 0.6 is 0 Å². The standard InChI is InChI=1S/C22H31N5O/c1-21(2)12-16(13-22(3,4)26-21)25-20(28)27-10-7-15(8-11-27)18-14-24-19-17(18)6-5-9-23-19/h5-7,9,14,16,26H,8,10-13H2,1-4H3,(H,23,24)(H,25,28). The molecule has 150 valence electrons. The molecule has 0 saturated carbocycles. The van der Waals surface area contributed by atoms with Gasteiger partial charge in [-0.2, -0.15) is 0 Å². The lowest BCUT2D eigenvalue weighted by molar-refractivity contribution is 0.140. The fraction of sp³-hybridized carbons (Fsp3) is 0.545. The highest BCUT2D eigenvalue weighted by molar-refractivity contribution is 5.91. The van der Waals surface area contributed by atoms with Crippen LogP contribution in [0.5, 0.6) is 0 Å². The number of H-pyrrole nitrogens is 1. The van der Waals surface area contributed by atoms with Crippen molar-refractivity contribution in [3.63, 3.8) is 0 Å². The summed E-state index contributed by atoms with van der Waals surface area (Å²) in [5, 5.41) is 8.09. The number of nitrogens with one attached hydrogen (secondary N) is 3. The van der Waals surface area contributed by atoms with Crippen LogP contribution in [0.2, 0.25) is 0 Å². The molecule has 0 atom stereocenters. The molecule has 0 radical (unpaired) electrons. The van der Waals surface area contributed by atoms with E-state index in [0.717, 1.165) is 36.8 Å². The Morgan fingerprint density at radius 3 is 2.68 bits per heavy atom. The van der Waals surface area contributed by atoms with Crippen LogP contribution < -0.4 is 10.6 Å². The molecule has 2 aliphatic rings. The van der Waals surface area contributed by atoms with Gasteiger partial charge in [-0.1, -0.05) is 6.08 Å². The maximum Gasteiger partial charge on any atom is 0.317 e. The minimum absolute atomic E-state index is 0.0258. The third kappa shape index (κ3) is 3.92. The highest BCUT2D eigenvalue weighted by Gasteiger charge is 2.38. The molecule has 6 nitrogen and oxygen atoms in total. The molecule has 2 aromatic rings. The van der Waals surface area contributed by atoms with Gasteiger partial charge in [-0.25, -0.2) is 9.78 Å². The second-order valence-electron chi connectivity index (χ2n) is 9.47. The Morgan fingerprint density at radius 1 is 1.25 bits per heavy atom. The lowest BCUT2D eigenvalue weighted by Crippen LogP contribution is -2.63. The van der Waals surface area contributed by atoms with E-state index in [0.29, 0.717) is 6.54 Å². The summed E-state index contributed by atoms with van der Waals surface area (Å²) in [6, 6.07) is 4.30. The molecule has 1 fully saturated rings. The summed E-state index contributed by atoms with van der Waals surface area (Å²) < 4.78 is 0. The van der Waals surface area contributed by atoms with E-state index < -0.39 is 0 Å². The van der Waals surface area contributed by atoms with Gasteiger partial charge in [0.05, 0.1) is 0 Å². The molecule has 0 aromatic carbocycles. The second-order valence-corrected chi connectivity index (χ2v) is 9.47. The number of amides is 2. The van der Waals surface area contributed by atoms with E-state index in [1.165, 1.54) is 11.1 Å². The Balaban J connectivity index is 1.41.